The zero-order valence-corrected chi connectivity index (χ0v) is 14.7. The Kier molecular flexibility index (Phi) is 5.06. The number of hydrogen-bond donors (Lipinski definition) is 0. The number of benzene rings is 1. The third-order valence-electron chi connectivity index (χ3n) is 2.50. The molecule has 1 heterocycles. The van der Waals surface area contributed by atoms with Crippen LogP contribution in [0.1, 0.15) is 15.9 Å². The van der Waals surface area contributed by atoms with Crippen molar-refractivity contribution in [1.29, 1.82) is 0 Å². The molecule has 0 aliphatic heterocycles. The molecule has 2 aromatic rings. The standard InChI is InChI=1S/C13H10Br2ClNOS/c1-17(6-8-2-12(15)19-7-8)13(18)9-3-10(14)5-11(16)4-9/h2-5,7H,6H2,1H3. The summed E-state index contributed by atoms with van der Waals surface area (Å²) in [7, 11) is 1.78. The predicted molar refractivity (Wildman–Crippen MR) is 87.0 cm³/mol. The molecule has 1 aromatic carbocycles. The zero-order chi connectivity index (χ0) is 14.0. The first-order chi connectivity index (χ1) is 8.95. The number of halogens is 3. The lowest BCUT2D eigenvalue weighted by molar-refractivity contribution is 0.0785. The minimum atomic E-state index is -0.0504. The zero-order valence-electron chi connectivity index (χ0n) is 9.99. The number of carbonyl (C=O) groups excluding carboxylic acids is 1. The molecule has 0 fully saturated rings. The molecular weight excluding hydrogens is 413 g/mol. The van der Waals surface area contributed by atoms with E-state index in [4.69, 9.17) is 11.6 Å². The molecule has 1 aromatic heterocycles. The average Bonchev–Trinajstić information content (AvgIpc) is 2.72. The average molecular weight is 424 g/mol. The van der Waals surface area contributed by atoms with E-state index < -0.39 is 0 Å². The van der Waals surface area contributed by atoms with Crippen LogP contribution < -0.4 is 0 Å². The summed E-state index contributed by atoms with van der Waals surface area (Å²) >= 11 is 14.3. The Balaban J connectivity index is 2.14. The molecule has 2 rings (SSSR count). The molecule has 0 atom stereocenters. The largest absolute Gasteiger partial charge is 0.337 e. The highest BCUT2D eigenvalue weighted by molar-refractivity contribution is 9.11. The molecule has 2 nitrogen and oxygen atoms in total. The van der Waals surface area contributed by atoms with Gasteiger partial charge in [-0.3, -0.25) is 4.79 Å². The second kappa shape index (κ2) is 6.39. The second-order valence-corrected chi connectivity index (χ2v) is 7.72. The molecule has 0 aliphatic rings. The Bertz CT molecular complexity index is 594. The van der Waals surface area contributed by atoms with E-state index in [1.165, 1.54) is 0 Å². The van der Waals surface area contributed by atoms with Gasteiger partial charge < -0.3 is 4.90 Å². The topological polar surface area (TPSA) is 20.3 Å². The number of nitrogens with zero attached hydrogens (tertiary/aromatic N) is 1. The Labute approximate surface area is 137 Å². The van der Waals surface area contributed by atoms with Crippen LogP contribution >= 0.6 is 54.8 Å². The van der Waals surface area contributed by atoms with E-state index in [0.29, 0.717) is 17.1 Å². The maximum Gasteiger partial charge on any atom is 0.253 e. The summed E-state index contributed by atoms with van der Waals surface area (Å²) in [6.45, 7) is 0.574. The molecule has 0 spiro atoms. The molecule has 0 saturated carbocycles. The Morgan fingerprint density at radius 3 is 2.63 bits per heavy atom. The lowest BCUT2D eigenvalue weighted by Gasteiger charge is -2.16. The van der Waals surface area contributed by atoms with Gasteiger partial charge in [0.05, 0.1) is 3.79 Å². The van der Waals surface area contributed by atoms with E-state index in [9.17, 15) is 4.79 Å². The van der Waals surface area contributed by atoms with Gasteiger partial charge in [-0.05, 0) is 51.1 Å². The first-order valence-electron chi connectivity index (χ1n) is 5.40. The van der Waals surface area contributed by atoms with Crippen LogP contribution in [-0.4, -0.2) is 17.9 Å². The molecule has 0 unspecified atom stereocenters. The van der Waals surface area contributed by atoms with Crippen LogP contribution in [0.5, 0.6) is 0 Å². The minimum absolute atomic E-state index is 0.0504. The maximum absolute atomic E-state index is 12.3. The molecule has 6 heteroatoms. The monoisotopic (exact) mass is 421 g/mol. The van der Waals surface area contributed by atoms with Gasteiger partial charge in [0.2, 0.25) is 0 Å². The van der Waals surface area contributed by atoms with Gasteiger partial charge >= 0.3 is 0 Å². The molecular formula is C13H10Br2ClNOS. The van der Waals surface area contributed by atoms with Crippen molar-refractivity contribution in [2.75, 3.05) is 7.05 Å². The Morgan fingerprint density at radius 1 is 1.32 bits per heavy atom. The third-order valence-corrected chi connectivity index (χ3v) is 4.73. The molecule has 100 valence electrons. The van der Waals surface area contributed by atoms with E-state index in [-0.39, 0.29) is 5.91 Å². The van der Waals surface area contributed by atoms with Crippen LogP contribution in [0.15, 0.2) is 37.9 Å². The van der Waals surface area contributed by atoms with E-state index in [1.54, 1.807) is 41.5 Å². The normalized spacial score (nSPS) is 10.5. The quantitative estimate of drug-likeness (QED) is 0.665. The molecule has 0 radical (unpaired) electrons. The molecule has 19 heavy (non-hydrogen) atoms. The number of thiophene rings is 1. The van der Waals surface area contributed by atoms with Gasteiger partial charge in [0, 0.05) is 28.7 Å². The molecule has 1 amide bonds. The van der Waals surface area contributed by atoms with Gasteiger partial charge in [0.25, 0.3) is 5.91 Å². The van der Waals surface area contributed by atoms with Crippen LogP contribution in [0.3, 0.4) is 0 Å². The van der Waals surface area contributed by atoms with Crippen molar-refractivity contribution in [3.05, 3.63) is 54.1 Å². The minimum Gasteiger partial charge on any atom is -0.337 e. The summed E-state index contributed by atoms with van der Waals surface area (Å²) in [4.78, 5) is 14.0. The maximum atomic E-state index is 12.3. The summed E-state index contributed by atoms with van der Waals surface area (Å²) in [6, 6.07) is 7.22. The fourth-order valence-corrected chi connectivity index (χ4v) is 3.73. The number of carbonyl (C=O) groups is 1. The summed E-state index contributed by atoms with van der Waals surface area (Å²) in [5.41, 5.74) is 1.69. The summed E-state index contributed by atoms with van der Waals surface area (Å²) in [5, 5.41) is 2.58. The van der Waals surface area contributed by atoms with E-state index >= 15 is 0 Å². The summed E-state index contributed by atoms with van der Waals surface area (Å²) in [5.74, 6) is -0.0504. The molecule has 0 bridgehead atoms. The van der Waals surface area contributed by atoms with E-state index in [0.717, 1.165) is 13.8 Å². The highest BCUT2D eigenvalue weighted by Gasteiger charge is 2.14. The van der Waals surface area contributed by atoms with Crippen molar-refractivity contribution in [3.63, 3.8) is 0 Å². The highest BCUT2D eigenvalue weighted by atomic mass is 79.9. The summed E-state index contributed by atoms with van der Waals surface area (Å²) in [6.07, 6.45) is 0. The Morgan fingerprint density at radius 2 is 2.05 bits per heavy atom. The fourth-order valence-electron chi connectivity index (χ4n) is 1.67. The van der Waals surface area contributed by atoms with Crippen LogP contribution in [0.4, 0.5) is 0 Å². The second-order valence-electron chi connectivity index (χ2n) is 4.08. The van der Waals surface area contributed by atoms with Crippen molar-refractivity contribution < 1.29 is 4.79 Å². The SMILES string of the molecule is CN(Cc1csc(Br)c1)C(=O)c1cc(Cl)cc(Br)c1. The van der Waals surface area contributed by atoms with Gasteiger partial charge in [-0.2, -0.15) is 0 Å². The van der Waals surface area contributed by atoms with Crippen molar-refractivity contribution in [2.45, 2.75) is 6.54 Å². The fraction of sp³-hybridized carbons (Fsp3) is 0.154. The lowest BCUT2D eigenvalue weighted by atomic mass is 10.2. The first kappa shape index (κ1) is 15.0. The first-order valence-corrected chi connectivity index (χ1v) is 8.24. The van der Waals surface area contributed by atoms with Crippen molar-refractivity contribution in [1.82, 2.24) is 4.90 Å². The van der Waals surface area contributed by atoms with Crippen LogP contribution in [0, 0.1) is 0 Å². The lowest BCUT2D eigenvalue weighted by Crippen LogP contribution is -2.25. The van der Waals surface area contributed by atoms with Gasteiger partial charge in [0.1, 0.15) is 0 Å². The Hall–Kier alpha value is -0.360. The number of hydrogen-bond acceptors (Lipinski definition) is 2. The number of rotatable bonds is 3. The van der Waals surface area contributed by atoms with E-state index in [1.807, 2.05) is 11.4 Å². The van der Waals surface area contributed by atoms with Gasteiger partial charge in [-0.25, -0.2) is 0 Å². The van der Waals surface area contributed by atoms with E-state index in [2.05, 4.69) is 31.9 Å². The summed E-state index contributed by atoms with van der Waals surface area (Å²) < 4.78 is 1.86. The van der Waals surface area contributed by atoms with Crippen LogP contribution in [0.2, 0.25) is 5.02 Å². The molecule has 0 saturated heterocycles. The van der Waals surface area contributed by atoms with Crippen molar-refractivity contribution in [2.24, 2.45) is 0 Å². The molecule has 0 N–H and O–H groups in total. The van der Waals surface area contributed by atoms with Crippen LogP contribution in [-0.2, 0) is 6.54 Å². The highest BCUT2D eigenvalue weighted by Crippen LogP contribution is 2.23. The van der Waals surface area contributed by atoms with Gasteiger partial charge in [-0.15, -0.1) is 11.3 Å². The number of amides is 1. The molecule has 0 aliphatic carbocycles. The van der Waals surface area contributed by atoms with Gasteiger partial charge in [0.15, 0.2) is 0 Å². The van der Waals surface area contributed by atoms with Gasteiger partial charge in [-0.1, -0.05) is 27.5 Å². The van der Waals surface area contributed by atoms with Crippen LogP contribution in [0.25, 0.3) is 0 Å². The van der Waals surface area contributed by atoms with Crippen molar-refractivity contribution in [3.8, 4) is 0 Å². The predicted octanol–water partition coefficient (Wildman–Crippen LogP) is 5.20. The third kappa shape index (κ3) is 4.05. The van der Waals surface area contributed by atoms with Crippen molar-refractivity contribution >= 4 is 60.7 Å². The smallest absolute Gasteiger partial charge is 0.253 e.